The average molecular weight is 455 g/mol. The van der Waals surface area contributed by atoms with Gasteiger partial charge >= 0.3 is 0 Å². The number of hydrogen-bond donors (Lipinski definition) is 1. The standard InChI is InChI=1S/C25H27ClN2O2S/c1-19-18-24(29)28-25(27-19)31-17-5-3-2-4-16-30-23-14-10-21(11-15-23)7-6-20-8-12-22(26)13-9-20/h6-15,18H,2-5,16-17H2,1H3,(H,27,28,29)/b7-6+. The highest BCUT2D eigenvalue weighted by molar-refractivity contribution is 7.99. The van der Waals surface area contributed by atoms with Gasteiger partial charge in [0.25, 0.3) is 5.56 Å². The third-order valence-corrected chi connectivity index (χ3v) is 5.82. The second-order valence-corrected chi connectivity index (χ2v) is 8.78. The quantitative estimate of drug-likeness (QED) is 0.153. The van der Waals surface area contributed by atoms with E-state index < -0.39 is 0 Å². The minimum Gasteiger partial charge on any atom is -0.494 e. The highest BCUT2D eigenvalue weighted by Crippen LogP contribution is 2.17. The summed E-state index contributed by atoms with van der Waals surface area (Å²) >= 11 is 7.52. The van der Waals surface area contributed by atoms with Gasteiger partial charge in [-0.1, -0.05) is 72.6 Å². The van der Waals surface area contributed by atoms with Crippen molar-refractivity contribution in [2.45, 2.75) is 37.8 Å². The Morgan fingerprint density at radius 1 is 0.968 bits per heavy atom. The van der Waals surface area contributed by atoms with Gasteiger partial charge in [-0.25, -0.2) is 4.98 Å². The predicted molar refractivity (Wildman–Crippen MR) is 131 cm³/mol. The van der Waals surface area contributed by atoms with Crippen LogP contribution in [0.2, 0.25) is 5.02 Å². The van der Waals surface area contributed by atoms with Crippen LogP contribution in [0.25, 0.3) is 12.2 Å². The Morgan fingerprint density at radius 3 is 2.29 bits per heavy atom. The van der Waals surface area contributed by atoms with Crippen molar-refractivity contribution in [2.75, 3.05) is 12.4 Å². The molecular weight excluding hydrogens is 428 g/mol. The molecule has 3 rings (SSSR count). The summed E-state index contributed by atoms with van der Waals surface area (Å²) in [7, 11) is 0. The van der Waals surface area contributed by atoms with E-state index in [1.54, 1.807) is 11.8 Å². The molecule has 0 amide bonds. The van der Waals surface area contributed by atoms with Gasteiger partial charge in [0.05, 0.1) is 6.61 Å². The van der Waals surface area contributed by atoms with Gasteiger partial charge in [-0.05, 0) is 55.2 Å². The largest absolute Gasteiger partial charge is 0.494 e. The van der Waals surface area contributed by atoms with E-state index in [1.807, 2.05) is 43.3 Å². The molecule has 3 aromatic rings. The van der Waals surface area contributed by atoms with Crippen molar-refractivity contribution >= 4 is 35.5 Å². The van der Waals surface area contributed by atoms with Crippen LogP contribution in [0, 0.1) is 6.92 Å². The van der Waals surface area contributed by atoms with Crippen molar-refractivity contribution in [1.29, 1.82) is 0 Å². The summed E-state index contributed by atoms with van der Waals surface area (Å²) in [5, 5.41) is 1.45. The molecule has 0 radical (unpaired) electrons. The Hall–Kier alpha value is -2.50. The topological polar surface area (TPSA) is 55.0 Å². The molecule has 0 spiro atoms. The summed E-state index contributed by atoms with van der Waals surface area (Å²) in [5.74, 6) is 1.85. The van der Waals surface area contributed by atoms with Gasteiger partial charge in [0.2, 0.25) is 0 Å². The molecule has 1 N–H and O–H groups in total. The molecule has 0 aliphatic rings. The molecule has 0 bridgehead atoms. The van der Waals surface area contributed by atoms with E-state index in [-0.39, 0.29) is 5.56 Å². The zero-order valence-electron chi connectivity index (χ0n) is 17.6. The van der Waals surface area contributed by atoms with Crippen molar-refractivity contribution in [3.05, 3.63) is 86.8 Å². The summed E-state index contributed by atoms with van der Waals surface area (Å²) in [6.07, 6.45) is 8.53. The number of benzene rings is 2. The number of nitrogens with zero attached hydrogens (tertiary/aromatic N) is 1. The molecular formula is C25H27ClN2O2S. The van der Waals surface area contributed by atoms with Gasteiger partial charge in [-0.15, -0.1) is 0 Å². The van der Waals surface area contributed by atoms with Crippen LogP contribution in [0.4, 0.5) is 0 Å². The van der Waals surface area contributed by atoms with Crippen LogP contribution in [-0.2, 0) is 0 Å². The first-order valence-corrected chi connectivity index (χ1v) is 11.8. The van der Waals surface area contributed by atoms with Gasteiger partial charge in [0, 0.05) is 22.5 Å². The summed E-state index contributed by atoms with van der Waals surface area (Å²) in [6.45, 7) is 2.56. The molecule has 162 valence electrons. The van der Waals surface area contributed by atoms with Crippen LogP contribution >= 0.6 is 23.4 Å². The van der Waals surface area contributed by atoms with E-state index in [4.69, 9.17) is 16.3 Å². The molecule has 4 nitrogen and oxygen atoms in total. The lowest BCUT2D eigenvalue weighted by atomic mass is 10.1. The summed E-state index contributed by atoms with van der Waals surface area (Å²) < 4.78 is 5.85. The Morgan fingerprint density at radius 2 is 1.61 bits per heavy atom. The number of nitrogens with one attached hydrogen (secondary N) is 1. The number of H-pyrrole nitrogens is 1. The number of aryl methyl sites for hydroxylation is 1. The van der Waals surface area contributed by atoms with E-state index in [2.05, 4.69) is 34.3 Å². The summed E-state index contributed by atoms with van der Waals surface area (Å²) in [4.78, 5) is 18.5. The Balaban J connectivity index is 1.28. The van der Waals surface area contributed by atoms with E-state index in [0.717, 1.165) is 65.6 Å². The molecule has 0 saturated carbocycles. The highest BCUT2D eigenvalue weighted by atomic mass is 35.5. The summed E-state index contributed by atoms with van der Waals surface area (Å²) in [5.41, 5.74) is 2.92. The number of unbranched alkanes of at least 4 members (excludes halogenated alkanes) is 3. The molecule has 0 aliphatic heterocycles. The van der Waals surface area contributed by atoms with Crippen molar-refractivity contribution < 1.29 is 4.74 Å². The second kappa shape index (κ2) is 12.4. The van der Waals surface area contributed by atoms with Gasteiger partial charge in [-0.2, -0.15) is 0 Å². The van der Waals surface area contributed by atoms with E-state index >= 15 is 0 Å². The molecule has 31 heavy (non-hydrogen) atoms. The Kier molecular flexibility index (Phi) is 9.25. The molecule has 2 aromatic carbocycles. The number of aromatic nitrogens is 2. The number of thioether (sulfide) groups is 1. The van der Waals surface area contributed by atoms with Gasteiger partial charge < -0.3 is 9.72 Å². The average Bonchev–Trinajstić information content (AvgIpc) is 2.75. The molecule has 0 aliphatic carbocycles. The number of aromatic amines is 1. The van der Waals surface area contributed by atoms with E-state index in [1.165, 1.54) is 6.07 Å². The van der Waals surface area contributed by atoms with E-state index in [0.29, 0.717) is 5.16 Å². The lowest BCUT2D eigenvalue weighted by molar-refractivity contribution is 0.305. The first-order chi connectivity index (χ1) is 15.1. The molecule has 1 aromatic heterocycles. The maximum Gasteiger partial charge on any atom is 0.251 e. The van der Waals surface area contributed by atoms with Crippen LogP contribution in [-0.4, -0.2) is 22.3 Å². The van der Waals surface area contributed by atoms with Gasteiger partial charge in [0.1, 0.15) is 5.75 Å². The third kappa shape index (κ3) is 8.64. The molecule has 0 saturated heterocycles. The normalized spacial score (nSPS) is 11.2. The van der Waals surface area contributed by atoms with Crippen molar-refractivity contribution in [2.24, 2.45) is 0 Å². The molecule has 1 heterocycles. The number of hydrogen-bond acceptors (Lipinski definition) is 4. The van der Waals surface area contributed by atoms with Crippen molar-refractivity contribution in [3.63, 3.8) is 0 Å². The van der Waals surface area contributed by atoms with Gasteiger partial charge in [-0.3, -0.25) is 4.79 Å². The van der Waals surface area contributed by atoms with Gasteiger partial charge in [0.15, 0.2) is 5.16 Å². The highest BCUT2D eigenvalue weighted by Gasteiger charge is 2.00. The fraction of sp³-hybridized carbons (Fsp3) is 0.280. The Bertz CT molecular complexity index is 1030. The fourth-order valence-electron chi connectivity index (χ4n) is 2.98. The predicted octanol–water partition coefficient (Wildman–Crippen LogP) is 6.63. The SMILES string of the molecule is Cc1cc(=O)[nH]c(SCCCCCCOc2ccc(/C=C/c3ccc(Cl)cc3)cc2)n1. The Labute approximate surface area is 192 Å². The molecule has 0 fully saturated rings. The smallest absolute Gasteiger partial charge is 0.251 e. The lowest BCUT2D eigenvalue weighted by Crippen LogP contribution is -2.08. The number of rotatable bonds is 11. The van der Waals surface area contributed by atoms with Crippen molar-refractivity contribution in [3.8, 4) is 5.75 Å². The monoisotopic (exact) mass is 454 g/mol. The number of ether oxygens (including phenoxy) is 1. The second-order valence-electron chi connectivity index (χ2n) is 7.26. The minimum absolute atomic E-state index is 0.0854. The molecule has 6 heteroatoms. The maximum absolute atomic E-state index is 11.4. The van der Waals surface area contributed by atoms with Crippen LogP contribution in [0.3, 0.4) is 0 Å². The van der Waals surface area contributed by atoms with E-state index in [9.17, 15) is 4.79 Å². The van der Waals surface area contributed by atoms with Crippen LogP contribution in [0.15, 0.2) is 64.5 Å². The minimum atomic E-state index is -0.0854. The zero-order valence-corrected chi connectivity index (χ0v) is 19.2. The zero-order chi connectivity index (χ0) is 21.9. The first-order valence-electron chi connectivity index (χ1n) is 10.5. The van der Waals surface area contributed by atoms with Crippen LogP contribution in [0.1, 0.15) is 42.5 Å². The first kappa shape index (κ1) is 23.2. The summed E-state index contributed by atoms with van der Waals surface area (Å²) in [6, 6.07) is 17.4. The number of halogens is 1. The third-order valence-electron chi connectivity index (χ3n) is 4.61. The van der Waals surface area contributed by atoms with Crippen LogP contribution < -0.4 is 10.3 Å². The molecule has 0 atom stereocenters. The maximum atomic E-state index is 11.4. The van der Waals surface area contributed by atoms with Crippen LogP contribution in [0.5, 0.6) is 5.75 Å². The van der Waals surface area contributed by atoms with Crippen molar-refractivity contribution in [1.82, 2.24) is 9.97 Å². The molecule has 0 unspecified atom stereocenters. The fourth-order valence-corrected chi connectivity index (χ4v) is 4.03. The lowest BCUT2D eigenvalue weighted by Gasteiger charge is -2.06.